The number of esters is 2. The Balaban J connectivity index is 1.44. The van der Waals surface area contributed by atoms with Crippen molar-refractivity contribution >= 4 is 22.7 Å². The van der Waals surface area contributed by atoms with E-state index < -0.39 is 22.9 Å². The van der Waals surface area contributed by atoms with Gasteiger partial charge >= 0.3 is 17.9 Å². The first kappa shape index (κ1) is 19.5. The molecular formula is C24H24F2O4. The average Bonchev–Trinajstić information content (AvgIpc) is 2.66. The molecule has 0 amide bonds. The van der Waals surface area contributed by atoms with Gasteiger partial charge in [-0.25, -0.2) is 4.79 Å². The second kappa shape index (κ2) is 6.50. The Morgan fingerprint density at radius 2 is 1.67 bits per heavy atom. The Morgan fingerprint density at radius 1 is 1.00 bits per heavy atom. The van der Waals surface area contributed by atoms with Crippen molar-refractivity contribution in [3.8, 4) is 5.75 Å². The first-order valence-electron chi connectivity index (χ1n) is 10.5. The topological polar surface area (TPSA) is 52.6 Å². The van der Waals surface area contributed by atoms with Gasteiger partial charge in [0.25, 0.3) is 0 Å². The summed E-state index contributed by atoms with van der Waals surface area (Å²) in [5.74, 6) is -4.51. The molecule has 2 atom stereocenters. The molecule has 4 bridgehead atoms. The molecule has 0 saturated heterocycles. The zero-order chi connectivity index (χ0) is 21.1. The SMILES string of the molecule is CC(F)(F)C(=O)OC12CC3CC(C1)CC(C(=O)Oc1cccc4ccccc14)(C3)C2. The van der Waals surface area contributed by atoms with Crippen LogP contribution in [-0.2, 0) is 14.3 Å². The molecule has 6 rings (SSSR count). The monoisotopic (exact) mass is 414 g/mol. The van der Waals surface area contributed by atoms with Crippen molar-refractivity contribution in [2.24, 2.45) is 17.3 Å². The van der Waals surface area contributed by atoms with Crippen LogP contribution >= 0.6 is 0 Å². The van der Waals surface area contributed by atoms with Gasteiger partial charge in [-0.05, 0) is 55.4 Å². The highest BCUT2D eigenvalue weighted by atomic mass is 19.3. The molecule has 30 heavy (non-hydrogen) atoms. The van der Waals surface area contributed by atoms with Gasteiger partial charge in [-0.15, -0.1) is 0 Å². The maximum absolute atomic E-state index is 13.5. The molecule has 4 nitrogen and oxygen atoms in total. The van der Waals surface area contributed by atoms with Crippen LogP contribution in [0.2, 0.25) is 0 Å². The van der Waals surface area contributed by atoms with Crippen molar-refractivity contribution < 1.29 is 27.8 Å². The number of carbonyl (C=O) groups is 2. The molecule has 0 aromatic heterocycles. The molecule has 0 N–H and O–H groups in total. The Bertz CT molecular complexity index is 1010. The van der Waals surface area contributed by atoms with Gasteiger partial charge in [-0.2, -0.15) is 8.78 Å². The van der Waals surface area contributed by atoms with E-state index in [9.17, 15) is 18.4 Å². The second-order valence-electron chi connectivity index (χ2n) is 9.57. The molecule has 0 heterocycles. The number of halogens is 2. The minimum absolute atomic E-state index is 0.185. The summed E-state index contributed by atoms with van der Waals surface area (Å²) < 4.78 is 38.4. The summed E-state index contributed by atoms with van der Waals surface area (Å²) in [7, 11) is 0. The van der Waals surface area contributed by atoms with E-state index in [4.69, 9.17) is 9.47 Å². The lowest BCUT2D eigenvalue weighted by Crippen LogP contribution is -2.61. The lowest BCUT2D eigenvalue weighted by molar-refractivity contribution is -0.222. The lowest BCUT2D eigenvalue weighted by atomic mass is 9.48. The van der Waals surface area contributed by atoms with E-state index in [1.54, 1.807) is 6.07 Å². The number of fused-ring (bicyclic) bond motifs is 1. The van der Waals surface area contributed by atoms with Crippen molar-refractivity contribution in [1.29, 1.82) is 0 Å². The second-order valence-corrected chi connectivity index (χ2v) is 9.57. The molecule has 2 aromatic carbocycles. The standard InChI is InChI=1S/C24H24F2O4/c1-22(25,26)20(27)30-24-12-15-9-16(13-24)11-23(10-15,14-24)21(28)29-19-8-4-6-17-5-2-3-7-18(17)19/h2-8,15-16H,9-14H2,1H3. The van der Waals surface area contributed by atoms with Crippen LogP contribution in [0.15, 0.2) is 42.5 Å². The molecule has 4 saturated carbocycles. The fraction of sp³-hybridized carbons (Fsp3) is 0.500. The molecule has 0 radical (unpaired) electrons. The highest BCUT2D eigenvalue weighted by molar-refractivity contribution is 5.91. The van der Waals surface area contributed by atoms with Crippen LogP contribution in [0, 0.1) is 17.3 Å². The quantitative estimate of drug-likeness (QED) is 0.504. The minimum Gasteiger partial charge on any atom is -0.455 e. The summed E-state index contributed by atoms with van der Waals surface area (Å²) in [6, 6.07) is 13.3. The van der Waals surface area contributed by atoms with Gasteiger partial charge in [-0.1, -0.05) is 36.4 Å². The van der Waals surface area contributed by atoms with Crippen LogP contribution in [0.25, 0.3) is 10.8 Å². The van der Waals surface area contributed by atoms with Gasteiger partial charge in [0.15, 0.2) is 0 Å². The zero-order valence-corrected chi connectivity index (χ0v) is 16.8. The van der Waals surface area contributed by atoms with E-state index in [1.165, 1.54) is 0 Å². The van der Waals surface area contributed by atoms with Crippen LogP contribution in [-0.4, -0.2) is 23.5 Å². The molecule has 2 aromatic rings. The lowest BCUT2D eigenvalue weighted by Gasteiger charge is -2.59. The number of hydrogen-bond acceptors (Lipinski definition) is 4. The molecule has 0 aliphatic heterocycles. The van der Waals surface area contributed by atoms with E-state index in [0.29, 0.717) is 38.4 Å². The van der Waals surface area contributed by atoms with Gasteiger partial charge in [0, 0.05) is 18.7 Å². The molecule has 4 aliphatic carbocycles. The van der Waals surface area contributed by atoms with Crippen molar-refractivity contribution in [3.05, 3.63) is 42.5 Å². The van der Waals surface area contributed by atoms with Gasteiger partial charge in [0.1, 0.15) is 11.4 Å². The van der Waals surface area contributed by atoms with Gasteiger partial charge in [0.05, 0.1) is 5.41 Å². The van der Waals surface area contributed by atoms with Crippen LogP contribution < -0.4 is 4.74 Å². The van der Waals surface area contributed by atoms with E-state index in [2.05, 4.69) is 0 Å². The maximum atomic E-state index is 13.5. The van der Waals surface area contributed by atoms with E-state index in [0.717, 1.165) is 17.2 Å². The van der Waals surface area contributed by atoms with E-state index in [1.807, 2.05) is 36.4 Å². The molecule has 4 aliphatic rings. The Kier molecular flexibility index (Phi) is 4.21. The number of hydrogen-bond donors (Lipinski definition) is 0. The summed E-state index contributed by atoms with van der Waals surface area (Å²) in [5, 5.41) is 1.83. The van der Waals surface area contributed by atoms with Crippen LogP contribution in [0.5, 0.6) is 5.75 Å². The van der Waals surface area contributed by atoms with Crippen LogP contribution in [0.1, 0.15) is 45.4 Å². The molecule has 6 heteroatoms. The van der Waals surface area contributed by atoms with Gasteiger partial charge < -0.3 is 9.47 Å². The van der Waals surface area contributed by atoms with E-state index in [-0.39, 0.29) is 24.2 Å². The number of rotatable bonds is 4. The number of carbonyl (C=O) groups excluding carboxylic acids is 2. The Labute approximate surface area is 173 Å². The molecule has 4 fully saturated rings. The largest absolute Gasteiger partial charge is 0.455 e. The Hall–Kier alpha value is -2.50. The van der Waals surface area contributed by atoms with Crippen LogP contribution in [0.4, 0.5) is 8.78 Å². The van der Waals surface area contributed by atoms with E-state index >= 15 is 0 Å². The molecular weight excluding hydrogens is 390 g/mol. The first-order chi connectivity index (χ1) is 14.2. The smallest absolute Gasteiger partial charge is 0.377 e. The highest BCUT2D eigenvalue weighted by Crippen LogP contribution is 2.63. The molecule has 0 spiro atoms. The van der Waals surface area contributed by atoms with Crippen molar-refractivity contribution in [2.45, 2.75) is 57.0 Å². The van der Waals surface area contributed by atoms with Crippen LogP contribution in [0.3, 0.4) is 0 Å². The minimum atomic E-state index is -3.54. The van der Waals surface area contributed by atoms with Gasteiger partial charge in [-0.3, -0.25) is 4.79 Å². The van der Waals surface area contributed by atoms with Crippen molar-refractivity contribution in [2.75, 3.05) is 0 Å². The Morgan fingerprint density at radius 3 is 2.37 bits per heavy atom. The predicted octanol–water partition coefficient (Wildman–Crippen LogP) is 5.28. The number of ether oxygens (including phenoxy) is 2. The summed E-state index contributed by atoms with van der Waals surface area (Å²) in [5.41, 5.74) is -1.78. The molecule has 2 unspecified atom stereocenters. The maximum Gasteiger partial charge on any atom is 0.377 e. The molecule has 158 valence electrons. The van der Waals surface area contributed by atoms with Gasteiger partial charge in [0.2, 0.25) is 0 Å². The van der Waals surface area contributed by atoms with Crippen molar-refractivity contribution in [3.63, 3.8) is 0 Å². The predicted molar refractivity (Wildman–Crippen MR) is 106 cm³/mol. The summed E-state index contributed by atoms with van der Waals surface area (Å²) in [6.45, 7) is 0.556. The fourth-order valence-electron chi connectivity index (χ4n) is 6.32. The zero-order valence-electron chi connectivity index (χ0n) is 16.8. The van der Waals surface area contributed by atoms with Crippen molar-refractivity contribution in [1.82, 2.24) is 0 Å². The average molecular weight is 414 g/mol. The first-order valence-corrected chi connectivity index (χ1v) is 10.5. The third-order valence-corrected chi connectivity index (χ3v) is 7.06. The number of benzene rings is 2. The summed E-state index contributed by atoms with van der Waals surface area (Å²) in [4.78, 5) is 25.4. The summed E-state index contributed by atoms with van der Waals surface area (Å²) >= 11 is 0. The fourth-order valence-corrected chi connectivity index (χ4v) is 6.32. The normalized spacial score (nSPS) is 32.2. The highest BCUT2D eigenvalue weighted by Gasteiger charge is 2.63. The summed E-state index contributed by atoms with van der Waals surface area (Å²) in [6.07, 6.45) is 3.64. The third-order valence-electron chi connectivity index (χ3n) is 7.06. The third kappa shape index (κ3) is 3.17. The number of alkyl halides is 2.